The van der Waals surface area contributed by atoms with E-state index in [4.69, 9.17) is 11.6 Å². The van der Waals surface area contributed by atoms with Crippen LogP contribution in [0.4, 0.5) is 0 Å². The molecular formula is C26H48ClN. The lowest BCUT2D eigenvalue weighted by Crippen LogP contribution is -2.04. The van der Waals surface area contributed by atoms with Crippen LogP contribution in [-0.4, -0.2) is 12.9 Å². The maximum Gasteiger partial charge on any atom is 0.0223 e. The molecule has 0 bridgehead atoms. The first-order valence-corrected chi connectivity index (χ1v) is 12.6. The molecule has 0 aromatic heterocycles. The van der Waals surface area contributed by atoms with Crippen LogP contribution in [0.15, 0.2) is 30.3 Å². The van der Waals surface area contributed by atoms with Gasteiger partial charge in [0, 0.05) is 12.4 Å². The van der Waals surface area contributed by atoms with E-state index in [2.05, 4.69) is 24.4 Å². The van der Waals surface area contributed by atoms with Crippen LogP contribution in [0, 0.1) is 0 Å². The minimum atomic E-state index is 0.846. The largest absolute Gasteiger partial charge is 0.316 e. The second-order valence-electron chi connectivity index (χ2n) is 8.01. The molecule has 0 amide bonds. The minimum absolute atomic E-state index is 0.846. The Kier molecular flexibility index (Phi) is 24.0. The summed E-state index contributed by atoms with van der Waals surface area (Å²) in [7, 11) is 1.95. The van der Waals surface area contributed by atoms with Crippen molar-refractivity contribution in [3.05, 3.63) is 35.9 Å². The molecule has 0 aliphatic carbocycles. The SMILES string of the molecule is CCCCCCCCCCCCCCCCCCCl.CNCc1ccccc1. The van der Waals surface area contributed by atoms with Gasteiger partial charge in [-0.15, -0.1) is 11.6 Å². The quantitative estimate of drug-likeness (QED) is 0.188. The number of halogens is 1. The third-order valence-corrected chi connectivity index (χ3v) is 5.48. The normalized spacial score (nSPS) is 10.5. The summed E-state index contributed by atoms with van der Waals surface area (Å²) < 4.78 is 0. The zero-order chi connectivity index (χ0) is 20.5. The molecule has 1 nitrogen and oxygen atoms in total. The summed E-state index contributed by atoms with van der Waals surface area (Å²) >= 11 is 5.66. The van der Waals surface area contributed by atoms with Gasteiger partial charge in [0.25, 0.3) is 0 Å². The van der Waals surface area contributed by atoms with Crippen molar-refractivity contribution < 1.29 is 0 Å². The Hall–Kier alpha value is -0.530. The first-order valence-electron chi connectivity index (χ1n) is 12.1. The Bertz CT molecular complexity index is 363. The topological polar surface area (TPSA) is 12.0 Å². The smallest absolute Gasteiger partial charge is 0.0223 e. The third-order valence-electron chi connectivity index (χ3n) is 5.21. The highest BCUT2D eigenvalue weighted by atomic mass is 35.5. The lowest BCUT2D eigenvalue weighted by Gasteiger charge is -2.03. The second-order valence-corrected chi connectivity index (χ2v) is 8.39. The summed E-state index contributed by atoms with van der Waals surface area (Å²) in [6.45, 7) is 3.25. The van der Waals surface area contributed by atoms with Gasteiger partial charge in [-0.1, -0.05) is 134 Å². The van der Waals surface area contributed by atoms with Crippen LogP contribution in [0.5, 0.6) is 0 Å². The fourth-order valence-corrected chi connectivity index (χ4v) is 3.63. The summed E-state index contributed by atoms with van der Waals surface area (Å²) in [4.78, 5) is 0. The molecule has 1 N–H and O–H groups in total. The predicted molar refractivity (Wildman–Crippen MR) is 129 cm³/mol. The lowest BCUT2D eigenvalue weighted by atomic mass is 10.0. The Morgan fingerprint density at radius 2 is 1.00 bits per heavy atom. The highest BCUT2D eigenvalue weighted by Gasteiger charge is 1.94. The van der Waals surface area contributed by atoms with Gasteiger partial charge in [0.05, 0.1) is 0 Å². The van der Waals surface area contributed by atoms with Crippen molar-refractivity contribution >= 4 is 11.6 Å². The van der Waals surface area contributed by atoms with E-state index in [0.717, 1.165) is 12.4 Å². The van der Waals surface area contributed by atoms with Gasteiger partial charge in [0.1, 0.15) is 0 Å². The van der Waals surface area contributed by atoms with E-state index in [1.807, 2.05) is 25.2 Å². The molecule has 28 heavy (non-hydrogen) atoms. The van der Waals surface area contributed by atoms with Crippen LogP contribution >= 0.6 is 11.6 Å². The van der Waals surface area contributed by atoms with Crippen molar-refractivity contribution in [2.24, 2.45) is 0 Å². The van der Waals surface area contributed by atoms with Crippen molar-refractivity contribution in [3.63, 3.8) is 0 Å². The average molecular weight is 410 g/mol. The zero-order valence-corrected chi connectivity index (χ0v) is 19.7. The zero-order valence-electron chi connectivity index (χ0n) is 19.0. The van der Waals surface area contributed by atoms with E-state index in [9.17, 15) is 0 Å². The minimum Gasteiger partial charge on any atom is -0.316 e. The second kappa shape index (κ2) is 24.5. The fraction of sp³-hybridized carbons (Fsp3) is 0.769. The molecule has 0 aliphatic heterocycles. The van der Waals surface area contributed by atoms with Crippen molar-refractivity contribution in [1.29, 1.82) is 0 Å². The van der Waals surface area contributed by atoms with Gasteiger partial charge in [-0.3, -0.25) is 0 Å². The highest BCUT2D eigenvalue weighted by molar-refractivity contribution is 6.17. The fourth-order valence-electron chi connectivity index (χ4n) is 3.44. The average Bonchev–Trinajstić information content (AvgIpc) is 2.72. The van der Waals surface area contributed by atoms with Gasteiger partial charge < -0.3 is 5.32 Å². The van der Waals surface area contributed by atoms with Crippen LogP contribution in [-0.2, 0) is 6.54 Å². The number of nitrogens with one attached hydrogen (secondary N) is 1. The standard InChI is InChI=1S/C18H37Cl.C8H11N/c1-2-3-4-5-6-7-8-9-10-11-12-13-14-15-16-17-18-19;1-9-7-8-5-3-2-4-6-8/h2-18H2,1H3;2-6,9H,7H2,1H3. The van der Waals surface area contributed by atoms with E-state index < -0.39 is 0 Å². The molecule has 0 unspecified atom stereocenters. The van der Waals surface area contributed by atoms with E-state index in [-0.39, 0.29) is 0 Å². The van der Waals surface area contributed by atoms with Gasteiger partial charge in [-0.2, -0.15) is 0 Å². The number of rotatable bonds is 18. The van der Waals surface area contributed by atoms with Gasteiger partial charge >= 0.3 is 0 Å². The first kappa shape index (κ1) is 27.5. The molecule has 164 valence electrons. The molecule has 0 saturated carbocycles. The summed E-state index contributed by atoms with van der Waals surface area (Å²) in [5.74, 6) is 0.846. The van der Waals surface area contributed by atoms with E-state index in [1.54, 1.807) is 0 Å². The Balaban J connectivity index is 0.000000668. The number of hydrogen-bond acceptors (Lipinski definition) is 1. The molecule has 0 radical (unpaired) electrons. The van der Waals surface area contributed by atoms with Crippen LogP contribution in [0.2, 0.25) is 0 Å². The van der Waals surface area contributed by atoms with E-state index in [0.29, 0.717) is 0 Å². The molecule has 0 aliphatic rings. The Morgan fingerprint density at radius 1 is 0.607 bits per heavy atom. The molecule has 1 aromatic rings. The van der Waals surface area contributed by atoms with Crippen LogP contribution in [0.25, 0.3) is 0 Å². The van der Waals surface area contributed by atoms with Gasteiger partial charge in [0.15, 0.2) is 0 Å². The van der Waals surface area contributed by atoms with Crippen LogP contribution in [0.1, 0.15) is 115 Å². The molecule has 0 spiro atoms. The molecule has 0 fully saturated rings. The summed E-state index contributed by atoms with van der Waals surface area (Å²) in [6, 6.07) is 10.3. The van der Waals surface area contributed by atoms with Crippen molar-refractivity contribution in [1.82, 2.24) is 5.32 Å². The molecule has 1 rings (SSSR count). The predicted octanol–water partition coefficient (Wildman–Crippen LogP) is 8.89. The van der Waals surface area contributed by atoms with Gasteiger partial charge in [-0.05, 0) is 19.0 Å². The van der Waals surface area contributed by atoms with E-state index >= 15 is 0 Å². The molecular weight excluding hydrogens is 362 g/mol. The van der Waals surface area contributed by atoms with Crippen LogP contribution in [0.3, 0.4) is 0 Å². The summed E-state index contributed by atoms with van der Waals surface area (Å²) in [5.41, 5.74) is 1.33. The molecule has 0 saturated heterocycles. The number of hydrogen-bond donors (Lipinski definition) is 1. The van der Waals surface area contributed by atoms with Gasteiger partial charge in [-0.25, -0.2) is 0 Å². The summed E-state index contributed by atoms with van der Waals surface area (Å²) in [5, 5.41) is 3.08. The molecule has 2 heteroatoms. The third kappa shape index (κ3) is 21.8. The molecule has 0 atom stereocenters. The maximum atomic E-state index is 5.66. The van der Waals surface area contributed by atoms with E-state index in [1.165, 1.54) is 108 Å². The molecule has 1 aromatic carbocycles. The van der Waals surface area contributed by atoms with Crippen molar-refractivity contribution in [3.8, 4) is 0 Å². The van der Waals surface area contributed by atoms with Crippen molar-refractivity contribution in [2.75, 3.05) is 12.9 Å². The number of unbranched alkanes of at least 4 members (excludes halogenated alkanes) is 15. The Labute approximate surface area is 182 Å². The molecule has 0 heterocycles. The first-order chi connectivity index (χ1) is 13.8. The Morgan fingerprint density at radius 3 is 1.36 bits per heavy atom. The van der Waals surface area contributed by atoms with Gasteiger partial charge in [0.2, 0.25) is 0 Å². The highest BCUT2D eigenvalue weighted by Crippen LogP contribution is 2.13. The lowest BCUT2D eigenvalue weighted by molar-refractivity contribution is 0.531. The summed E-state index contributed by atoms with van der Waals surface area (Å²) in [6.07, 6.45) is 22.8. The maximum absolute atomic E-state index is 5.66. The van der Waals surface area contributed by atoms with Crippen LogP contribution < -0.4 is 5.32 Å². The monoisotopic (exact) mass is 409 g/mol. The number of alkyl halides is 1. The number of benzene rings is 1. The van der Waals surface area contributed by atoms with Crippen molar-refractivity contribution in [2.45, 2.75) is 116 Å².